The average Bonchev–Trinajstić information content (AvgIpc) is 2.46. The second-order valence-corrected chi connectivity index (χ2v) is 4.36. The lowest BCUT2D eigenvalue weighted by Gasteiger charge is -2.14. The van der Waals surface area contributed by atoms with E-state index in [0.29, 0.717) is 10.6 Å². The van der Waals surface area contributed by atoms with Gasteiger partial charge in [-0.3, -0.25) is 4.79 Å². The Kier molecular flexibility index (Phi) is 4.27. The zero-order valence-corrected chi connectivity index (χ0v) is 10.9. The summed E-state index contributed by atoms with van der Waals surface area (Å²) in [4.78, 5) is 23.2. The van der Waals surface area contributed by atoms with Gasteiger partial charge in [0.25, 0.3) is 5.91 Å². The number of aromatic nitrogens is 2. The molecule has 1 aromatic carbocycles. The molecule has 2 N–H and O–H groups in total. The Morgan fingerprint density at radius 1 is 1.15 bits per heavy atom. The summed E-state index contributed by atoms with van der Waals surface area (Å²) in [5, 5.41) is 19.2. The monoisotopic (exact) mass is 291 g/mol. The Hall–Kier alpha value is -2.47. The number of rotatable bonds is 4. The summed E-state index contributed by atoms with van der Waals surface area (Å²) in [6.07, 6.45) is 2.61. The van der Waals surface area contributed by atoms with Crippen LogP contribution in [0.2, 0.25) is 5.02 Å². The van der Waals surface area contributed by atoms with Crippen LogP contribution in [0.1, 0.15) is 22.0 Å². The molecule has 6 nitrogen and oxygen atoms in total. The van der Waals surface area contributed by atoms with Crippen molar-refractivity contribution < 1.29 is 14.7 Å². The molecule has 1 atom stereocenters. The number of benzene rings is 1. The molecule has 1 aromatic heterocycles. The van der Waals surface area contributed by atoms with E-state index >= 15 is 0 Å². The summed E-state index contributed by atoms with van der Waals surface area (Å²) in [6.45, 7) is 0. The molecular weight excluding hydrogens is 282 g/mol. The van der Waals surface area contributed by atoms with E-state index in [2.05, 4.69) is 15.5 Å². The molecule has 0 fully saturated rings. The molecule has 1 amide bonds. The summed E-state index contributed by atoms with van der Waals surface area (Å²) in [5.41, 5.74) is 0.664. The minimum atomic E-state index is -1.16. The number of nitrogens with zero attached hydrogens (tertiary/aromatic N) is 2. The molecule has 2 rings (SSSR count). The lowest BCUT2D eigenvalue weighted by molar-refractivity contribution is -0.139. The summed E-state index contributed by atoms with van der Waals surface area (Å²) in [5.74, 6) is -1.70. The number of nitrogens with one attached hydrogen (secondary N) is 1. The molecule has 102 valence electrons. The first-order chi connectivity index (χ1) is 9.58. The van der Waals surface area contributed by atoms with Crippen molar-refractivity contribution in [3.63, 3.8) is 0 Å². The van der Waals surface area contributed by atoms with Crippen molar-refractivity contribution in [2.24, 2.45) is 0 Å². The van der Waals surface area contributed by atoms with Crippen LogP contribution in [0.25, 0.3) is 0 Å². The Balaban J connectivity index is 2.20. The van der Waals surface area contributed by atoms with Crippen LogP contribution in [0.15, 0.2) is 42.7 Å². The van der Waals surface area contributed by atoms with E-state index in [1.807, 2.05) is 0 Å². The Bertz CT molecular complexity index is 617. The van der Waals surface area contributed by atoms with Crippen LogP contribution in [-0.2, 0) is 4.79 Å². The maximum absolute atomic E-state index is 11.9. The van der Waals surface area contributed by atoms with Crippen LogP contribution in [0.4, 0.5) is 0 Å². The Morgan fingerprint density at radius 2 is 1.85 bits per heavy atom. The first-order valence-corrected chi connectivity index (χ1v) is 6.01. The third-order valence-corrected chi connectivity index (χ3v) is 2.82. The van der Waals surface area contributed by atoms with Crippen molar-refractivity contribution in [1.82, 2.24) is 15.5 Å². The summed E-state index contributed by atoms with van der Waals surface area (Å²) in [7, 11) is 0. The van der Waals surface area contributed by atoms with E-state index in [1.165, 1.54) is 18.5 Å². The summed E-state index contributed by atoms with van der Waals surface area (Å²) >= 11 is 5.75. The zero-order chi connectivity index (χ0) is 14.5. The number of hydrogen-bond donors (Lipinski definition) is 2. The van der Waals surface area contributed by atoms with E-state index in [0.717, 1.165) is 0 Å². The lowest BCUT2D eigenvalue weighted by atomic mass is 10.1. The third-order valence-electron chi connectivity index (χ3n) is 2.57. The quantitative estimate of drug-likeness (QED) is 0.894. The molecule has 0 aliphatic rings. The van der Waals surface area contributed by atoms with E-state index in [1.54, 1.807) is 24.3 Å². The van der Waals surface area contributed by atoms with Crippen molar-refractivity contribution in [3.8, 4) is 0 Å². The molecule has 0 aliphatic carbocycles. The number of carboxylic acids is 1. The molecule has 0 saturated heterocycles. The largest absolute Gasteiger partial charge is 0.479 e. The topological polar surface area (TPSA) is 92.2 Å². The lowest BCUT2D eigenvalue weighted by Crippen LogP contribution is -2.33. The number of hydrogen-bond acceptors (Lipinski definition) is 4. The van der Waals surface area contributed by atoms with Gasteiger partial charge in [-0.25, -0.2) is 4.79 Å². The SMILES string of the molecule is O=C(NC(C(=O)O)c1ccc(Cl)cc1)c1ccnnc1. The van der Waals surface area contributed by atoms with Gasteiger partial charge in [-0.15, -0.1) is 0 Å². The Labute approximate surface area is 119 Å². The minimum Gasteiger partial charge on any atom is -0.479 e. The zero-order valence-electron chi connectivity index (χ0n) is 10.2. The van der Waals surface area contributed by atoms with E-state index < -0.39 is 17.9 Å². The van der Waals surface area contributed by atoms with Crippen LogP contribution < -0.4 is 5.32 Å². The number of aliphatic carboxylic acids is 1. The van der Waals surface area contributed by atoms with Crippen LogP contribution in [0, 0.1) is 0 Å². The van der Waals surface area contributed by atoms with Crippen LogP contribution >= 0.6 is 11.6 Å². The number of amides is 1. The molecule has 1 heterocycles. The normalized spacial score (nSPS) is 11.7. The van der Waals surface area contributed by atoms with E-state index in [4.69, 9.17) is 11.6 Å². The van der Waals surface area contributed by atoms with Gasteiger partial charge < -0.3 is 10.4 Å². The van der Waals surface area contributed by atoms with Crippen LogP contribution in [0.3, 0.4) is 0 Å². The molecule has 1 unspecified atom stereocenters. The van der Waals surface area contributed by atoms with Gasteiger partial charge in [0.05, 0.1) is 18.0 Å². The fourth-order valence-corrected chi connectivity index (χ4v) is 1.71. The first-order valence-electron chi connectivity index (χ1n) is 5.64. The highest BCUT2D eigenvalue weighted by Gasteiger charge is 2.22. The van der Waals surface area contributed by atoms with Crippen LogP contribution in [0.5, 0.6) is 0 Å². The fourth-order valence-electron chi connectivity index (χ4n) is 1.58. The molecule has 0 radical (unpaired) electrons. The second-order valence-electron chi connectivity index (χ2n) is 3.93. The number of halogens is 1. The van der Waals surface area contributed by atoms with Gasteiger partial charge in [0, 0.05) is 5.02 Å². The molecule has 7 heteroatoms. The van der Waals surface area contributed by atoms with Gasteiger partial charge in [-0.2, -0.15) is 10.2 Å². The molecule has 0 bridgehead atoms. The predicted octanol–water partition coefficient (Wildman–Crippen LogP) is 1.69. The third kappa shape index (κ3) is 3.30. The second kappa shape index (κ2) is 6.12. The highest BCUT2D eigenvalue weighted by atomic mass is 35.5. The molecule has 0 aliphatic heterocycles. The average molecular weight is 292 g/mol. The van der Waals surface area contributed by atoms with Crippen molar-refractivity contribution in [3.05, 3.63) is 58.9 Å². The number of carboxylic acid groups (broad SMARTS) is 1. The van der Waals surface area contributed by atoms with Gasteiger partial charge >= 0.3 is 5.97 Å². The molecule has 0 saturated carbocycles. The van der Waals surface area contributed by atoms with Gasteiger partial charge in [-0.05, 0) is 23.8 Å². The van der Waals surface area contributed by atoms with Gasteiger partial charge in [0.1, 0.15) is 0 Å². The van der Waals surface area contributed by atoms with Gasteiger partial charge in [-0.1, -0.05) is 23.7 Å². The maximum atomic E-state index is 11.9. The number of carbonyl (C=O) groups excluding carboxylic acids is 1. The van der Waals surface area contributed by atoms with Crippen molar-refractivity contribution >= 4 is 23.5 Å². The first kappa shape index (κ1) is 14.0. The van der Waals surface area contributed by atoms with Crippen molar-refractivity contribution in [1.29, 1.82) is 0 Å². The summed E-state index contributed by atoms with van der Waals surface area (Å²) < 4.78 is 0. The smallest absolute Gasteiger partial charge is 0.330 e. The van der Waals surface area contributed by atoms with E-state index in [-0.39, 0.29) is 5.56 Å². The fraction of sp³-hybridized carbons (Fsp3) is 0.0769. The Morgan fingerprint density at radius 3 is 2.40 bits per heavy atom. The number of carbonyl (C=O) groups is 2. The van der Waals surface area contributed by atoms with Crippen molar-refractivity contribution in [2.75, 3.05) is 0 Å². The van der Waals surface area contributed by atoms with Gasteiger partial charge in [0.15, 0.2) is 6.04 Å². The van der Waals surface area contributed by atoms with Crippen LogP contribution in [-0.4, -0.2) is 27.2 Å². The van der Waals surface area contributed by atoms with Gasteiger partial charge in [0.2, 0.25) is 0 Å². The highest BCUT2D eigenvalue weighted by Crippen LogP contribution is 2.17. The molecule has 20 heavy (non-hydrogen) atoms. The minimum absolute atomic E-state index is 0.236. The molecule has 0 spiro atoms. The molecular formula is C13H10ClN3O3. The summed E-state index contributed by atoms with van der Waals surface area (Å²) in [6, 6.07) is 6.51. The predicted molar refractivity (Wildman–Crippen MR) is 71.3 cm³/mol. The van der Waals surface area contributed by atoms with Crippen molar-refractivity contribution in [2.45, 2.75) is 6.04 Å². The highest BCUT2D eigenvalue weighted by molar-refractivity contribution is 6.30. The maximum Gasteiger partial charge on any atom is 0.330 e. The standard InChI is InChI=1S/C13H10ClN3O3/c14-10-3-1-8(2-4-10)11(13(19)20)17-12(18)9-5-6-15-16-7-9/h1-7,11H,(H,17,18)(H,19,20). The molecule has 2 aromatic rings. The van der Waals surface area contributed by atoms with E-state index in [9.17, 15) is 14.7 Å².